The Morgan fingerprint density at radius 3 is 3.00 bits per heavy atom. The molecule has 7 heteroatoms. The lowest BCUT2D eigenvalue weighted by molar-refractivity contribution is 0.103. The number of ether oxygens (including phenoxy) is 2. The molecule has 0 saturated carbocycles. The molecule has 1 atom stereocenters. The molecule has 2 aromatic heterocycles. The third kappa shape index (κ3) is 3.65. The molecule has 1 aliphatic heterocycles. The number of pyridine rings is 1. The fourth-order valence-electron chi connectivity index (χ4n) is 2.79. The maximum absolute atomic E-state index is 5.98. The highest BCUT2D eigenvalue weighted by atomic mass is 35.5. The average Bonchev–Trinajstić information content (AvgIpc) is 3.30. The van der Waals surface area contributed by atoms with Crippen LogP contribution in [0, 0.1) is 0 Å². The molecule has 1 fully saturated rings. The van der Waals surface area contributed by atoms with Crippen molar-refractivity contribution in [2.45, 2.75) is 25.6 Å². The van der Waals surface area contributed by atoms with E-state index in [9.17, 15) is 0 Å². The zero-order chi connectivity index (χ0) is 17.1. The largest absolute Gasteiger partial charge is 0.485 e. The van der Waals surface area contributed by atoms with Crippen molar-refractivity contribution < 1.29 is 9.47 Å². The van der Waals surface area contributed by atoms with Gasteiger partial charge in [0.15, 0.2) is 11.6 Å². The molecule has 1 aromatic carbocycles. The number of aromatic nitrogens is 4. The van der Waals surface area contributed by atoms with Crippen LogP contribution >= 0.6 is 11.6 Å². The summed E-state index contributed by atoms with van der Waals surface area (Å²) in [5.41, 5.74) is 0.856. The number of hydrogen-bond acceptors (Lipinski definition) is 5. The molecule has 0 radical (unpaired) electrons. The minimum Gasteiger partial charge on any atom is -0.485 e. The van der Waals surface area contributed by atoms with Crippen molar-refractivity contribution in [2.24, 2.45) is 0 Å². The van der Waals surface area contributed by atoms with Crippen molar-refractivity contribution in [1.29, 1.82) is 0 Å². The van der Waals surface area contributed by atoms with Gasteiger partial charge in [0.2, 0.25) is 0 Å². The Morgan fingerprint density at radius 2 is 2.24 bits per heavy atom. The first-order chi connectivity index (χ1) is 12.3. The monoisotopic (exact) mass is 356 g/mol. The van der Waals surface area contributed by atoms with Crippen LogP contribution in [0.5, 0.6) is 5.75 Å². The van der Waals surface area contributed by atoms with Gasteiger partial charge in [-0.05, 0) is 43.2 Å². The van der Waals surface area contributed by atoms with Crippen LogP contribution in [0.15, 0.2) is 48.8 Å². The van der Waals surface area contributed by atoms with Gasteiger partial charge in [-0.15, -0.1) is 5.10 Å². The van der Waals surface area contributed by atoms with E-state index in [2.05, 4.69) is 15.1 Å². The fraction of sp³-hybridized carbons (Fsp3) is 0.278. The third-order valence-electron chi connectivity index (χ3n) is 3.95. The van der Waals surface area contributed by atoms with Crippen molar-refractivity contribution in [3.8, 4) is 11.4 Å². The highest BCUT2D eigenvalue weighted by Crippen LogP contribution is 2.29. The second-order valence-corrected chi connectivity index (χ2v) is 6.19. The van der Waals surface area contributed by atoms with Gasteiger partial charge >= 0.3 is 0 Å². The average molecular weight is 357 g/mol. The molecular formula is C18H17ClN4O2. The Balaban J connectivity index is 1.60. The van der Waals surface area contributed by atoms with Gasteiger partial charge in [-0.25, -0.2) is 9.67 Å². The maximum atomic E-state index is 5.98. The molecule has 4 rings (SSSR count). The van der Waals surface area contributed by atoms with Crippen LogP contribution in [-0.4, -0.2) is 26.4 Å². The molecule has 128 valence electrons. The van der Waals surface area contributed by atoms with Gasteiger partial charge in [0, 0.05) is 17.8 Å². The fourth-order valence-corrected chi connectivity index (χ4v) is 2.97. The van der Waals surface area contributed by atoms with Crippen LogP contribution in [0.1, 0.15) is 30.6 Å². The number of rotatable bonds is 5. The van der Waals surface area contributed by atoms with Crippen molar-refractivity contribution in [3.05, 3.63) is 65.5 Å². The van der Waals surface area contributed by atoms with E-state index in [1.54, 1.807) is 29.2 Å². The van der Waals surface area contributed by atoms with Crippen molar-refractivity contribution in [3.63, 3.8) is 0 Å². The van der Waals surface area contributed by atoms with E-state index in [0.29, 0.717) is 16.6 Å². The predicted octanol–water partition coefficient (Wildman–Crippen LogP) is 3.75. The third-order valence-corrected chi connectivity index (χ3v) is 4.18. The molecule has 1 aliphatic rings. The Bertz CT molecular complexity index is 847. The van der Waals surface area contributed by atoms with Gasteiger partial charge in [0.1, 0.15) is 18.5 Å². The van der Waals surface area contributed by atoms with Gasteiger partial charge in [-0.3, -0.25) is 4.98 Å². The first-order valence-corrected chi connectivity index (χ1v) is 8.53. The zero-order valence-electron chi connectivity index (χ0n) is 13.5. The summed E-state index contributed by atoms with van der Waals surface area (Å²) in [4.78, 5) is 8.81. The van der Waals surface area contributed by atoms with Crippen molar-refractivity contribution >= 4 is 11.6 Å². The van der Waals surface area contributed by atoms with Gasteiger partial charge < -0.3 is 9.47 Å². The second-order valence-electron chi connectivity index (χ2n) is 5.76. The molecular weight excluding hydrogens is 340 g/mol. The van der Waals surface area contributed by atoms with Gasteiger partial charge in [-0.1, -0.05) is 17.7 Å². The molecule has 3 heterocycles. The summed E-state index contributed by atoms with van der Waals surface area (Å²) in [5, 5.41) is 5.22. The minimum absolute atomic E-state index is 0.0485. The lowest BCUT2D eigenvalue weighted by Crippen LogP contribution is -2.08. The first kappa shape index (κ1) is 16.1. The topological polar surface area (TPSA) is 62.1 Å². The summed E-state index contributed by atoms with van der Waals surface area (Å²) in [5.74, 6) is 2.06. The first-order valence-electron chi connectivity index (χ1n) is 8.16. The summed E-state index contributed by atoms with van der Waals surface area (Å²) in [7, 11) is 0. The van der Waals surface area contributed by atoms with Crippen LogP contribution in [0.4, 0.5) is 0 Å². The Morgan fingerprint density at radius 1 is 1.28 bits per heavy atom. The summed E-state index contributed by atoms with van der Waals surface area (Å²) in [6.45, 7) is 1.01. The molecule has 0 bridgehead atoms. The lowest BCUT2D eigenvalue weighted by atomic mass is 10.2. The number of hydrogen-bond donors (Lipinski definition) is 0. The van der Waals surface area contributed by atoms with Crippen LogP contribution < -0.4 is 4.74 Å². The van der Waals surface area contributed by atoms with E-state index in [1.807, 2.05) is 24.3 Å². The number of halogens is 1. The van der Waals surface area contributed by atoms with E-state index >= 15 is 0 Å². The van der Waals surface area contributed by atoms with Crippen LogP contribution in [0.25, 0.3) is 5.69 Å². The van der Waals surface area contributed by atoms with Crippen LogP contribution in [-0.2, 0) is 11.3 Å². The van der Waals surface area contributed by atoms with Gasteiger partial charge in [-0.2, -0.15) is 0 Å². The number of benzene rings is 1. The van der Waals surface area contributed by atoms with E-state index in [-0.39, 0.29) is 12.7 Å². The molecule has 0 unspecified atom stereocenters. The summed E-state index contributed by atoms with van der Waals surface area (Å²) in [6, 6.07) is 11.1. The maximum Gasteiger partial charge on any atom is 0.188 e. The molecule has 6 nitrogen and oxygen atoms in total. The second kappa shape index (κ2) is 7.21. The normalized spacial score (nSPS) is 16.9. The van der Waals surface area contributed by atoms with Crippen molar-refractivity contribution in [1.82, 2.24) is 19.7 Å². The van der Waals surface area contributed by atoms with E-state index in [1.165, 1.54) is 0 Å². The quantitative estimate of drug-likeness (QED) is 0.696. The van der Waals surface area contributed by atoms with E-state index in [4.69, 9.17) is 21.1 Å². The zero-order valence-corrected chi connectivity index (χ0v) is 14.3. The molecule has 0 aliphatic carbocycles. The highest BCUT2D eigenvalue weighted by Gasteiger charge is 2.25. The molecule has 0 amide bonds. The standard InChI is InChI=1S/C18H17ClN4O2/c19-13-4-1-6-15(10-13)25-12-17-21-18(16-7-3-9-24-16)23(22-17)14-5-2-8-20-11-14/h1-2,4-6,8,10-11,16H,3,7,9,12H2/t16-/m1/s1. The Labute approximate surface area is 150 Å². The number of nitrogens with zero attached hydrogens (tertiary/aromatic N) is 4. The molecule has 25 heavy (non-hydrogen) atoms. The lowest BCUT2D eigenvalue weighted by Gasteiger charge is -2.10. The Hall–Kier alpha value is -2.44. The van der Waals surface area contributed by atoms with Gasteiger partial charge in [0.05, 0.1) is 11.9 Å². The smallest absolute Gasteiger partial charge is 0.188 e. The molecule has 3 aromatic rings. The SMILES string of the molecule is Clc1cccc(OCc2nc([C@H]3CCCO3)n(-c3cccnc3)n2)c1. The van der Waals surface area contributed by atoms with E-state index < -0.39 is 0 Å². The van der Waals surface area contributed by atoms with E-state index in [0.717, 1.165) is 31.0 Å². The van der Waals surface area contributed by atoms with Crippen LogP contribution in [0.3, 0.4) is 0 Å². The minimum atomic E-state index is -0.0485. The molecule has 0 spiro atoms. The Kier molecular flexibility index (Phi) is 4.63. The molecule has 1 saturated heterocycles. The van der Waals surface area contributed by atoms with Crippen LogP contribution in [0.2, 0.25) is 5.02 Å². The summed E-state index contributed by atoms with van der Waals surface area (Å²) >= 11 is 5.98. The predicted molar refractivity (Wildman–Crippen MR) is 92.9 cm³/mol. The van der Waals surface area contributed by atoms with Crippen molar-refractivity contribution in [2.75, 3.05) is 6.61 Å². The molecule has 0 N–H and O–H groups in total. The summed E-state index contributed by atoms with van der Waals surface area (Å²) in [6.07, 6.45) is 5.41. The highest BCUT2D eigenvalue weighted by molar-refractivity contribution is 6.30. The van der Waals surface area contributed by atoms with Gasteiger partial charge in [0.25, 0.3) is 0 Å². The summed E-state index contributed by atoms with van der Waals surface area (Å²) < 4.78 is 13.3.